The Morgan fingerprint density at radius 1 is 0.886 bits per heavy atom. The zero-order valence-corrected chi connectivity index (χ0v) is 19.8. The van der Waals surface area contributed by atoms with Crippen LogP contribution < -0.4 is 4.74 Å². The van der Waals surface area contributed by atoms with Crippen LogP contribution in [0.4, 0.5) is 0 Å². The molecule has 0 saturated heterocycles. The van der Waals surface area contributed by atoms with E-state index in [2.05, 4.69) is 4.99 Å². The lowest BCUT2D eigenvalue weighted by atomic mass is 10.1. The molecule has 182 valence electrons. The second-order valence-corrected chi connectivity index (χ2v) is 8.05. The number of ether oxygens (including phenoxy) is 5. The van der Waals surface area contributed by atoms with Crippen LogP contribution in [0.25, 0.3) is 0 Å². The number of aliphatic imine (C=N–C) groups is 1. The lowest BCUT2D eigenvalue weighted by Gasteiger charge is -2.26. The van der Waals surface area contributed by atoms with E-state index >= 15 is 0 Å². The predicted octanol–water partition coefficient (Wildman–Crippen LogP) is 4.18. The number of carbonyl (C=O) groups is 1. The topological polar surface area (TPSA) is 75.6 Å². The Morgan fingerprint density at radius 3 is 2.11 bits per heavy atom. The van der Waals surface area contributed by atoms with Crippen LogP contribution in [0.1, 0.15) is 16.7 Å². The van der Waals surface area contributed by atoms with Crippen molar-refractivity contribution in [2.75, 3.05) is 20.8 Å². The molecule has 7 heteroatoms. The van der Waals surface area contributed by atoms with Crippen LogP contribution in [0, 0.1) is 0 Å². The largest absolute Gasteiger partial charge is 0.497 e. The molecule has 3 aromatic carbocycles. The number of hydrogen-bond donors (Lipinski definition) is 0. The molecule has 0 radical (unpaired) electrons. The van der Waals surface area contributed by atoms with Crippen molar-refractivity contribution in [2.45, 2.75) is 31.5 Å². The van der Waals surface area contributed by atoms with E-state index in [9.17, 15) is 4.79 Å². The number of hydrogen-bond acceptors (Lipinski definition) is 7. The van der Waals surface area contributed by atoms with E-state index in [0.717, 1.165) is 16.7 Å². The highest BCUT2D eigenvalue weighted by Gasteiger charge is 2.43. The quantitative estimate of drug-likeness (QED) is 0.387. The van der Waals surface area contributed by atoms with Crippen LogP contribution in [0.5, 0.6) is 5.75 Å². The molecule has 35 heavy (non-hydrogen) atoms. The van der Waals surface area contributed by atoms with Crippen LogP contribution in [-0.2, 0) is 37.0 Å². The highest BCUT2D eigenvalue weighted by atomic mass is 16.6. The Morgan fingerprint density at radius 2 is 1.51 bits per heavy atom. The molecule has 3 aromatic rings. The van der Waals surface area contributed by atoms with Gasteiger partial charge in [-0.05, 0) is 35.4 Å². The number of carbonyl (C=O) groups excluding carboxylic acids is 1. The van der Waals surface area contributed by atoms with Crippen molar-refractivity contribution in [3.05, 3.63) is 102 Å². The summed E-state index contributed by atoms with van der Waals surface area (Å²) in [4.78, 5) is 17.2. The van der Waals surface area contributed by atoms with Crippen LogP contribution in [0.3, 0.4) is 0 Å². The van der Waals surface area contributed by atoms with E-state index < -0.39 is 24.2 Å². The van der Waals surface area contributed by atoms with Gasteiger partial charge in [0.2, 0.25) is 5.90 Å². The summed E-state index contributed by atoms with van der Waals surface area (Å²) in [6.07, 6.45) is -1.28. The molecule has 0 bridgehead atoms. The summed E-state index contributed by atoms with van der Waals surface area (Å²) in [7, 11) is 2.94. The van der Waals surface area contributed by atoms with Gasteiger partial charge in [0.25, 0.3) is 0 Å². The average Bonchev–Trinajstić information content (AvgIpc) is 3.36. The molecule has 0 fully saturated rings. The van der Waals surface area contributed by atoms with Gasteiger partial charge in [0, 0.05) is 5.56 Å². The molecule has 0 N–H and O–H groups in total. The SMILES string of the molecule is COC(=O)[C@@H]1N=C(c2ccc(OC)cc2)O[C@@H]1[C@@H](COCc1ccccc1)OCc1ccccc1. The highest BCUT2D eigenvalue weighted by Crippen LogP contribution is 2.26. The van der Waals surface area contributed by atoms with E-state index in [4.69, 9.17) is 23.7 Å². The fourth-order valence-electron chi connectivity index (χ4n) is 3.77. The molecule has 0 unspecified atom stereocenters. The first-order valence-electron chi connectivity index (χ1n) is 11.4. The van der Waals surface area contributed by atoms with Gasteiger partial charge in [-0.1, -0.05) is 60.7 Å². The highest BCUT2D eigenvalue weighted by molar-refractivity contribution is 5.98. The van der Waals surface area contributed by atoms with Gasteiger partial charge in [-0.3, -0.25) is 0 Å². The molecule has 0 aromatic heterocycles. The Bertz CT molecular complexity index is 1100. The minimum atomic E-state index is -0.877. The van der Waals surface area contributed by atoms with E-state index in [-0.39, 0.29) is 6.61 Å². The molecule has 1 heterocycles. The first kappa shape index (κ1) is 24.4. The van der Waals surface area contributed by atoms with Crippen LogP contribution in [0.15, 0.2) is 89.9 Å². The van der Waals surface area contributed by atoms with Crippen molar-refractivity contribution in [1.29, 1.82) is 0 Å². The monoisotopic (exact) mass is 475 g/mol. The zero-order chi connectivity index (χ0) is 24.5. The van der Waals surface area contributed by atoms with Gasteiger partial charge < -0.3 is 23.7 Å². The Labute approximate surface area is 205 Å². The van der Waals surface area contributed by atoms with E-state index in [1.165, 1.54) is 7.11 Å². The van der Waals surface area contributed by atoms with Crippen molar-refractivity contribution < 1.29 is 28.5 Å². The van der Waals surface area contributed by atoms with Crippen molar-refractivity contribution >= 4 is 11.9 Å². The van der Waals surface area contributed by atoms with Gasteiger partial charge in [-0.15, -0.1) is 0 Å². The number of benzene rings is 3. The molecule has 7 nitrogen and oxygen atoms in total. The van der Waals surface area contributed by atoms with Crippen LogP contribution in [-0.4, -0.2) is 50.9 Å². The first-order chi connectivity index (χ1) is 17.2. The maximum absolute atomic E-state index is 12.7. The van der Waals surface area contributed by atoms with Crippen LogP contribution in [0.2, 0.25) is 0 Å². The molecule has 1 aliphatic heterocycles. The summed E-state index contributed by atoms with van der Waals surface area (Å²) in [5.41, 5.74) is 2.78. The van der Waals surface area contributed by atoms with Gasteiger partial charge in [-0.2, -0.15) is 0 Å². The lowest BCUT2D eigenvalue weighted by molar-refractivity contribution is -0.148. The molecule has 3 atom stereocenters. The molecule has 1 aliphatic rings. The maximum Gasteiger partial charge on any atom is 0.334 e. The summed E-state index contributed by atoms with van der Waals surface area (Å²) in [6, 6.07) is 26.1. The van der Waals surface area contributed by atoms with E-state index in [0.29, 0.717) is 24.9 Å². The van der Waals surface area contributed by atoms with Crippen molar-refractivity contribution in [3.63, 3.8) is 0 Å². The summed E-state index contributed by atoms with van der Waals surface area (Å²) in [5, 5.41) is 0. The standard InChI is InChI=1S/C28H29NO6/c1-31-23-15-13-22(14-16-23)27-29-25(28(30)32-2)26(35-27)24(34-18-21-11-7-4-8-12-21)19-33-17-20-9-5-3-6-10-20/h3-16,24-26H,17-19H2,1-2H3/t24-,25-,26-/m1/s1. The fraction of sp³-hybridized carbons (Fsp3) is 0.286. The van der Waals surface area contributed by atoms with Gasteiger partial charge in [0.15, 0.2) is 12.1 Å². The second kappa shape index (κ2) is 12.1. The second-order valence-electron chi connectivity index (χ2n) is 8.05. The molecular formula is C28H29NO6. The molecule has 0 amide bonds. The summed E-state index contributed by atoms with van der Waals surface area (Å²) < 4.78 is 28.7. The van der Waals surface area contributed by atoms with Gasteiger partial charge in [0.1, 0.15) is 11.9 Å². The predicted molar refractivity (Wildman–Crippen MR) is 131 cm³/mol. The van der Waals surface area contributed by atoms with E-state index in [1.54, 1.807) is 7.11 Å². The average molecular weight is 476 g/mol. The Hall–Kier alpha value is -3.68. The van der Waals surface area contributed by atoms with Gasteiger partial charge >= 0.3 is 5.97 Å². The summed E-state index contributed by atoms with van der Waals surface area (Å²) in [6.45, 7) is 0.963. The Balaban J connectivity index is 1.52. The minimum Gasteiger partial charge on any atom is -0.497 e. The van der Waals surface area contributed by atoms with E-state index in [1.807, 2.05) is 84.9 Å². The number of methoxy groups -OCH3 is 2. The molecular weight excluding hydrogens is 446 g/mol. The van der Waals surface area contributed by atoms with Crippen LogP contribution >= 0.6 is 0 Å². The number of nitrogens with zero attached hydrogens (tertiary/aromatic N) is 1. The molecule has 0 saturated carbocycles. The lowest BCUT2D eigenvalue weighted by Crippen LogP contribution is -2.44. The third-order valence-electron chi connectivity index (χ3n) is 5.66. The van der Waals surface area contributed by atoms with Gasteiger partial charge in [0.05, 0.1) is 34.0 Å². The minimum absolute atomic E-state index is 0.214. The first-order valence-corrected chi connectivity index (χ1v) is 11.4. The molecule has 0 aliphatic carbocycles. The smallest absolute Gasteiger partial charge is 0.334 e. The maximum atomic E-state index is 12.7. The normalized spacial score (nSPS) is 17.8. The molecule has 4 rings (SSSR count). The molecule has 0 spiro atoms. The van der Waals surface area contributed by atoms with Gasteiger partial charge in [-0.25, -0.2) is 9.79 Å². The summed E-state index contributed by atoms with van der Waals surface area (Å²) in [5.74, 6) is 0.575. The number of esters is 1. The third kappa shape index (κ3) is 6.47. The van der Waals surface area contributed by atoms with Crippen molar-refractivity contribution in [1.82, 2.24) is 0 Å². The zero-order valence-electron chi connectivity index (χ0n) is 19.8. The number of rotatable bonds is 11. The van der Waals surface area contributed by atoms with Crippen molar-refractivity contribution in [2.24, 2.45) is 4.99 Å². The van der Waals surface area contributed by atoms with Crippen molar-refractivity contribution in [3.8, 4) is 5.75 Å². The fourth-order valence-corrected chi connectivity index (χ4v) is 3.77. The Kier molecular flexibility index (Phi) is 8.48. The summed E-state index contributed by atoms with van der Waals surface area (Å²) >= 11 is 0. The third-order valence-corrected chi connectivity index (χ3v) is 5.66.